The lowest BCUT2D eigenvalue weighted by molar-refractivity contribution is -0.120. The van der Waals surface area contributed by atoms with Crippen molar-refractivity contribution in [2.75, 3.05) is 0 Å². The molecule has 1 amide bonds. The van der Waals surface area contributed by atoms with Gasteiger partial charge in [0, 0.05) is 11.6 Å². The predicted octanol–water partition coefficient (Wildman–Crippen LogP) is 2.94. The van der Waals surface area contributed by atoms with Gasteiger partial charge >= 0.3 is 0 Å². The Morgan fingerprint density at radius 3 is 2.84 bits per heavy atom. The number of nitrogens with zero attached hydrogens (tertiary/aromatic N) is 3. The number of pyridine rings is 1. The van der Waals surface area contributed by atoms with E-state index in [4.69, 9.17) is 0 Å². The third-order valence-corrected chi connectivity index (χ3v) is 4.58. The van der Waals surface area contributed by atoms with E-state index in [0.717, 1.165) is 33.3 Å². The van der Waals surface area contributed by atoms with Gasteiger partial charge in [0.1, 0.15) is 10.8 Å². The SMILES string of the molecule is O=C(Cc1csc(-c2ccccn2)n1)NCc1nc2ccccc2[nH]1. The van der Waals surface area contributed by atoms with Crippen LogP contribution in [0.15, 0.2) is 54.0 Å². The Labute approximate surface area is 148 Å². The molecule has 0 radical (unpaired) electrons. The first-order chi connectivity index (χ1) is 12.3. The molecule has 6 nitrogen and oxygen atoms in total. The maximum absolute atomic E-state index is 12.1. The molecular weight excluding hydrogens is 334 g/mol. The van der Waals surface area contributed by atoms with Crippen LogP contribution < -0.4 is 5.32 Å². The van der Waals surface area contributed by atoms with Crippen molar-refractivity contribution in [1.82, 2.24) is 25.3 Å². The quantitative estimate of drug-likeness (QED) is 0.580. The third kappa shape index (κ3) is 3.56. The molecule has 0 bridgehead atoms. The Balaban J connectivity index is 1.37. The first-order valence-corrected chi connectivity index (χ1v) is 8.72. The highest BCUT2D eigenvalue weighted by atomic mass is 32.1. The van der Waals surface area contributed by atoms with Crippen LogP contribution in [0.4, 0.5) is 0 Å². The molecule has 0 spiro atoms. The summed E-state index contributed by atoms with van der Waals surface area (Å²) in [6, 6.07) is 13.5. The minimum atomic E-state index is -0.0849. The van der Waals surface area contributed by atoms with Crippen molar-refractivity contribution in [3.05, 3.63) is 65.6 Å². The van der Waals surface area contributed by atoms with Gasteiger partial charge in [-0.3, -0.25) is 9.78 Å². The highest BCUT2D eigenvalue weighted by molar-refractivity contribution is 7.13. The van der Waals surface area contributed by atoms with Crippen LogP contribution in [-0.2, 0) is 17.8 Å². The molecule has 0 aliphatic heterocycles. The van der Waals surface area contributed by atoms with Gasteiger partial charge in [-0.25, -0.2) is 9.97 Å². The van der Waals surface area contributed by atoms with Gasteiger partial charge in [-0.05, 0) is 24.3 Å². The zero-order valence-electron chi connectivity index (χ0n) is 13.3. The van der Waals surface area contributed by atoms with Gasteiger partial charge in [-0.1, -0.05) is 18.2 Å². The average Bonchev–Trinajstić information content (AvgIpc) is 3.27. The van der Waals surface area contributed by atoms with Crippen molar-refractivity contribution in [2.45, 2.75) is 13.0 Å². The number of H-pyrrole nitrogens is 1. The second-order valence-electron chi connectivity index (χ2n) is 5.51. The summed E-state index contributed by atoms with van der Waals surface area (Å²) in [6.45, 7) is 0.366. The van der Waals surface area contributed by atoms with Crippen molar-refractivity contribution in [2.24, 2.45) is 0 Å². The number of para-hydroxylation sites is 2. The molecule has 0 atom stereocenters. The summed E-state index contributed by atoms with van der Waals surface area (Å²) in [5.74, 6) is 0.653. The van der Waals surface area contributed by atoms with Crippen LogP contribution >= 0.6 is 11.3 Å². The summed E-state index contributed by atoms with van der Waals surface area (Å²) in [6.07, 6.45) is 1.97. The molecule has 3 heterocycles. The van der Waals surface area contributed by atoms with Crippen LogP contribution in [0.25, 0.3) is 21.7 Å². The highest BCUT2D eigenvalue weighted by Crippen LogP contribution is 2.21. The zero-order chi connectivity index (χ0) is 17.1. The molecule has 4 aromatic rings. The number of benzene rings is 1. The second kappa shape index (κ2) is 6.82. The molecule has 0 unspecified atom stereocenters. The van der Waals surface area contributed by atoms with Gasteiger partial charge in [0.05, 0.1) is 35.4 Å². The number of rotatable bonds is 5. The van der Waals surface area contributed by atoms with Gasteiger partial charge < -0.3 is 10.3 Å². The standard InChI is InChI=1S/C18H15N5OS/c24-17(20-10-16-22-13-5-1-2-6-14(13)23-16)9-12-11-25-18(21-12)15-7-3-4-8-19-15/h1-8,11H,9-10H2,(H,20,24)(H,22,23). The number of imidazole rings is 1. The molecule has 0 saturated heterocycles. The number of aromatic amines is 1. The summed E-state index contributed by atoms with van der Waals surface area (Å²) >= 11 is 1.49. The first kappa shape index (κ1) is 15.5. The molecule has 0 aliphatic carbocycles. The van der Waals surface area contributed by atoms with Crippen molar-refractivity contribution in [3.63, 3.8) is 0 Å². The lowest BCUT2D eigenvalue weighted by Gasteiger charge is -2.01. The fourth-order valence-electron chi connectivity index (χ4n) is 2.49. The Morgan fingerprint density at radius 1 is 1.12 bits per heavy atom. The number of fused-ring (bicyclic) bond motifs is 1. The van der Waals surface area contributed by atoms with Crippen LogP contribution in [0.2, 0.25) is 0 Å². The largest absolute Gasteiger partial charge is 0.349 e. The van der Waals surface area contributed by atoms with E-state index in [1.165, 1.54) is 11.3 Å². The zero-order valence-corrected chi connectivity index (χ0v) is 14.1. The van der Waals surface area contributed by atoms with Crippen LogP contribution in [0, 0.1) is 0 Å². The lowest BCUT2D eigenvalue weighted by atomic mass is 10.3. The van der Waals surface area contributed by atoms with E-state index < -0.39 is 0 Å². The van der Waals surface area contributed by atoms with Gasteiger partial charge in [0.2, 0.25) is 5.91 Å². The molecule has 0 fully saturated rings. The smallest absolute Gasteiger partial charge is 0.226 e. The van der Waals surface area contributed by atoms with Gasteiger partial charge in [0.25, 0.3) is 0 Å². The molecule has 2 N–H and O–H groups in total. The molecule has 0 aliphatic rings. The van der Waals surface area contributed by atoms with Crippen molar-refractivity contribution >= 4 is 28.3 Å². The Bertz CT molecular complexity index is 975. The maximum Gasteiger partial charge on any atom is 0.226 e. The Morgan fingerprint density at radius 2 is 2.00 bits per heavy atom. The maximum atomic E-state index is 12.1. The number of thiazole rings is 1. The summed E-state index contributed by atoms with van der Waals surface area (Å²) in [5.41, 5.74) is 3.42. The van der Waals surface area contributed by atoms with Gasteiger partial charge in [0.15, 0.2) is 0 Å². The van der Waals surface area contributed by atoms with Gasteiger partial charge in [-0.2, -0.15) is 0 Å². The number of carbonyl (C=O) groups excluding carboxylic acids is 1. The van der Waals surface area contributed by atoms with Crippen molar-refractivity contribution in [3.8, 4) is 10.7 Å². The van der Waals surface area contributed by atoms with E-state index >= 15 is 0 Å². The van der Waals surface area contributed by atoms with Crippen LogP contribution in [-0.4, -0.2) is 25.8 Å². The lowest BCUT2D eigenvalue weighted by Crippen LogP contribution is -2.25. The monoisotopic (exact) mass is 349 g/mol. The summed E-state index contributed by atoms with van der Waals surface area (Å²) in [5, 5.41) is 5.59. The molecule has 4 rings (SSSR count). The van der Waals surface area contributed by atoms with Crippen LogP contribution in [0.1, 0.15) is 11.5 Å². The Hall–Kier alpha value is -3.06. The number of nitrogens with one attached hydrogen (secondary N) is 2. The van der Waals surface area contributed by atoms with E-state index in [2.05, 4.69) is 25.3 Å². The van der Waals surface area contributed by atoms with Crippen molar-refractivity contribution in [1.29, 1.82) is 0 Å². The topological polar surface area (TPSA) is 83.6 Å². The first-order valence-electron chi connectivity index (χ1n) is 7.84. The molecule has 7 heteroatoms. The van der Waals surface area contributed by atoms with E-state index in [9.17, 15) is 4.79 Å². The summed E-state index contributed by atoms with van der Waals surface area (Å²) < 4.78 is 0. The average molecular weight is 349 g/mol. The second-order valence-corrected chi connectivity index (χ2v) is 6.37. The number of carbonyl (C=O) groups is 1. The van der Waals surface area contributed by atoms with Gasteiger partial charge in [-0.15, -0.1) is 11.3 Å². The summed E-state index contributed by atoms with van der Waals surface area (Å²) in [7, 11) is 0. The number of hydrogen-bond acceptors (Lipinski definition) is 5. The minimum Gasteiger partial charge on any atom is -0.349 e. The fourth-order valence-corrected chi connectivity index (χ4v) is 3.29. The molecule has 124 valence electrons. The van der Waals surface area contributed by atoms with E-state index in [1.807, 2.05) is 47.8 Å². The van der Waals surface area contributed by atoms with E-state index in [0.29, 0.717) is 6.54 Å². The minimum absolute atomic E-state index is 0.0849. The molecule has 1 aromatic carbocycles. The van der Waals surface area contributed by atoms with Crippen LogP contribution in [0.5, 0.6) is 0 Å². The third-order valence-electron chi connectivity index (χ3n) is 3.67. The van der Waals surface area contributed by atoms with Crippen molar-refractivity contribution < 1.29 is 4.79 Å². The number of amides is 1. The predicted molar refractivity (Wildman–Crippen MR) is 97.0 cm³/mol. The molecule has 25 heavy (non-hydrogen) atoms. The number of aromatic nitrogens is 4. The Kier molecular flexibility index (Phi) is 4.22. The van der Waals surface area contributed by atoms with E-state index in [1.54, 1.807) is 6.20 Å². The normalized spacial score (nSPS) is 10.9. The number of hydrogen-bond donors (Lipinski definition) is 2. The molecule has 3 aromatic heterocycles. The molecular formula is C18H15N5OS. The highest BCUT2D eigenvalue weighted by Gasteiger charge is 2.10. The van der Waals surface area contributed by atoms with Crippen LogP contribution in [0.3, 0.4) is 0 Å². The van der Waals surface area contributed by atoms with E-state index in [-0.39, 0.29) is 12.3 Å². The fraction of sp³-hybridized carbons (Fsp3) is 0.111. The molecule has 0 saturated carbocycles. The summed E-state index contributed by atoms with van der Waals surface area (Å²) in [4.78, 5) is 28.5.